The topological polar surface area (TPSA) is 9.23 Å². The molecule has 0 saturated heterocycles. The molecule has 0 aromatic rings. The van der Waals surface area contributed by atoms with Crippen molar-refractivity contribution in [3.05, 3.63) is 23.5 Å². The number of rotatable bonds is 2. The summed E-state index contributed by atoms with van der Waals surface area (Å²) in [5, 5.41) is 0. The summed E-state index contributed by atoms with van der Waals surface area (Å²) in [6, 6.07) is 0. The Morgan fingerprint density at radius 3 is 2.58 bits per heavy atom. The molecule has 0 saturated carbocycles. The maximum Gasteiger partial charge on any atom is 0.118 e. The van der Waals surface area contributed by atoms with Crippen molar-refractivity contribution in [2.24, 2.45) is 0 Å². The van der Waals surface area contributed by atoms with Gasteiger partial charge in [0.05, 0.1) is 6.61 Å². The number of allylic oxidation sites excluding steroid dienone is 2. The molecule has 70 valence electrons. The molecule has 0 fully saturated rings. The third kappa shape index (κ3) is 3.12. The highest BCUT2D eigenvalue weighted by Crippen LogP contribution is 2.22. The van der Waals surface area contributed by atoms with Crippen LogP contribution >= 0.6 is 0 Å². The Morgan fingerprint density at radius 1 is 1.42 bits per heavy atom. The van der Waals surface area contributed by atoms with Crippen molar-refractivity contribution in [1.82, 2.24) is 0 Å². The summed E-state index contributed by atoms with van der Waals surface area (Å²) < 4.78 is 5.39. The van der Waals surface area contributed by atoms with Gasteiger partial charge >= 0.3 is 0 Å². The second-order valence-corrected chi connectivity index (χ2v) is 2.42. The van der Waals surface area contributed by atoms with Gasteiger partial charge in [0.1, 0.15) is 5.76 Å². The third-order valence-electron chi connectivity index (χ3n) is 1.75. The predicted octanol–water partition coefficient (Wildman–Crippen LogP) is 3.67. The molecule has 0 bridgehead atoms. The van der Waals surface area contributed by atoms with Crippen LogP contribution < -0.4 is 0 Å². The van der Waals surface area contributed by atoms with Crippen LogP contribution in [0.15, 0.2) is 23.5 Å². The lowest BCUT2D eigenvalue weighted by Gasteiger charge is -1.96. The Morgan fingerprint density at radius 2 is 2.08 bits per heavy atom. The summed E-state index contributed by atoms with van der Waals surface area (Å²) >= 11 is 0. The van der Waals surface area contributed by atoms with Crippen molar-refractivity contribution < 1.29 is 4.74 Å². The van der Waals surface area contributed by atoms with Gasteiger partial charge in [0, 0.05) is 6.42 Å². The SMILES string of the molecule is C/C=C\C1=C(CC)CCO1.CC. The van der Waals surface area contributed by atoms with Crippen LogP contribution in [0.5, 0.6) is 0 Å². The van der Waals surface area contributed by atoms with Crippen LogP contribution in [0.2, 0.25) is 0 Å². The van der Waals surface area contributed by atoms with Gasteiger partial charge in [0.2, 0.25) is 0 Å². The molecule has 0 atom stereocenters. The van der Waals surface area contributed by atoms with Crippen LogP contribution in [0.3, 0.4) is 0 Å². The normalized spacial score (nSPS) is 16.0. The van der Waals surface area contributed by atoms with E-state index in [1.807, 2.05) is 32.9 Å². The molecular formula is C11H20O. The lowest BCUT2D eigenvalue weighted by molar-refractivity contribution is 0.257. The minimum Gasteiger partial charge on any atom is -0.493 e. The second-order valence-electron chi connectivity index (χ2n) is 2.42. The summed E-state index contributed by atoms with van der Waals surface area (Å²) in [5.41, 5.74) is 1.46. The summed E-state index contributed by atoms with van der Waals surface area (Å²) in [7, 11) is 0. The van der Waals surface area contributed by atoms with E-state index in [2.05, 4.69) is 6.92 Å². The van der Waals surface area contributed by atoms with Crippen LogP contribution in [-0.4, -0.2) is 6.61 Å². The van der Waals surface area contributed by atoms with E-state index in [-0.39, 0.29) is 0 Å². The Kier molecular flexibility index (Phi) is 6.54. The van der Waals surface area contributed by atoms with E-state index in [0.29, 0.717) is 0 Å². The van der Waals surface area contributed by atoms with Gasteiger partial charge in [-0.15, -0.1) is 0 Å². The molecule has 1 aliphatic rings. The fraction of sp³-hybridized carbons (Fsp3) is 0.636. The molecule has 1 heteroatoms. The van der Waals surface area contributed by atoms with Gasteiger partial charge in [-0.05, 0) is 25.0 Å². The second kappa shape index (κ2) is 6.96. The number of hydrogen-bond donors (Lipinski definition) is 0. The van der Waals surface area contributed by atoms with Gasteiger partial charge < -0.3 is 4.74 Å². The van der Waals surface area contributed by atoms with Gasteiger partial charge in [0.15, 0.2) is 0 Å². The summed E-state index contributed by atoms with van der Waals surface area (Å²) in [4.78, 5) is 0. The molecule has 0 aromatic heterocycles. The first-order chi connectivity index (χ1) is 5.88. The summed E-state index contributed by atoms with van der Waals surface area (Å²) in [5.74, 6) is 1.10. The van der Waals surface area contributed by atoms with Crippen molar-refractivity contribution in [3.63, 3.8) is 0 Å². The van der Waals surface area contributed by atoms with E-state index in [9.17, 15) is 0 Å². The van der Waals surface area contributed by atoms with Crippen LogP contribution in [0.4, 0.5) is 0 Å². The number of ether oxygens (including phenoxy) is 1. The average Bonchev–Trinajstić information content (AvgIpc) is 2.56. The van der Waals surface area contributed by atoms with Crippen molar-refractivity contribution in [1.29, 1.82) is 0 Å². The molecular weight excluding hydrogens is 148 g/mol. The van der Waals surface area contributed by atoms with E-state index in [1.54, 1.807) is 0 Å². The van der Waals surface area contributed by atoms with Crippen LogP contribution in [-0.2, 0) is 4.74 Å². The molecule has 1 nitrogen and oxygen atoms in total. The summed E-state index contributed by atoms with van der Waals surface area (Å²) in [6.45, 7) is 9.07. The third-order valence-corrected chi connectivity index (χ3v) is 1.75. The minimum absolute atomic E-state index is 0.878. The lowest BCUT2D eigenvalue weighted by atomic mass is 10.1. The first-order valence-corrected chi connectivity index (χ1v) is 4.86. The zero-order valence-corrected chi connectivity index (χ0v) is 8.68. The maximum absolute atomic E-state index is 5.39. The van der Waals surface area contributed by atoms with Crippen molar-refractivity contribution >= 4 is 0 Å². The molecule has 0 aromatic carbocycles. The Bertz CT molecular complexity index is 166. The highest BCUT2D eigenvalue weighted by molar-refractivity contribution is 5.22. The van der Waals surface area contributed by atoms with Gasteiger partial charge in [-0.25, -0.2) is 0 Å². The molecule has 1 aliphatic heterocycles. The van der Waals surface area contributed by atoms with Crippen LogP contribution in [0.25, 0.3) is 0 Å². The summed E-state index contributed by atoms with van der Waals surface area (Å²) in [6.07, 6.45) is 6.32. The largest absolute Gasteiger partial charge is 0.493 e. The molecule has 0 radical (unpaired) electrons. The van der Waals surface area contributed by atoms with E-state index in [0.717, 1.165) is 25.2 Å². The zero-order valence-electron chi connectivity index (χ0n) is 8.68. The highest BCUT2D eigenvalue weighted by atomic mass is 16.5. The van der Waals surface area contributed by atoms with E-state index < -0.39 is 0 Å². The zero-order chi connectivity index (χ0) is 9.40. The van der Waals surface area contributed by atoms with Crippen molar-refractivity contribution in [2.45, 2.75) is 40.5 Å². The molecule has 12 heavy (non-hydrogen) atoms. The van der Waals surface area contributed by atoms with Gasteiger partial charge in [-0.3, -0.25) is 0 Å². The molecule has 0 N–H and O–H groups in total. The molecule has 0 unspecified atom stereocenters. The van der Waals surface area contributed by atoms with Crippen LogP contribution in [0, 0.1) is 0 Å². The maximum atomic E-state index is 5.39. The first kappa shape index (κ1) is 11.3. The molecule has 0 spiro atoms. The predicted molar refractivity (Wildman–Crippen MR) is 54.0 cm³/mol. The van der Waals surface area contributed by atoms with Crippen molar-refractivity contribution in [2.75, 3.05) is 6.61 Å². The standard InChI is InChI=1S/C9H14O.C2H6/c1-3-5-9-8(4-2)6-7-10-9;1-2/h3,5H,4,6-7H2,1-2H3;1-2H3/b5-3-;. The quantitative estimate of drug-likeness (QED) is 0.611. The molecule has 1 rings (SSSR count). The average molecular weight is 168 g/mol. The molecule has 0 aliphatic carbocycles. The Balaban J connectivity index is 0.000000561. The molecule has 0 amide bonds. The van der Waals surface area contributed by atoms with Gasteiger partial charge in [-0.2, -0.15) is 0 Å². The van der Waals surface area contributed by atoms with Crippen molar-refractivity contribution in [3.8, 4) is 0 Å². The lowest BCUT2D eigenvalue weighted by Crippen LogP contribution is -1.79. The van der Waals surface area contributed by atoms with E-state index in [4.69, 9.17) is 4.74 Å². The number of hydrogen-bond acceptors (Lipinski definition) is 1. The first-order valence-electron chi connectivity index (χ1n) is 4.86. The van der Waals surface area contributed by atoms with E-state index in [1.165, 1.54) is 5.57 Å². The van der Waals surface area contributed by atoms with E-state index >= 15 is 0 Å². The Hall–Kier alpha value is -0.720. The monoisotopic (exact) mass is 168 g/mol. The molecule has 1 heterocycles. The Labute approximate surface area is 76.1 Å². The van der Waals surface area contributed by atoms with Gasteiger partial charge in [0.25, 0.3) is 0 Å². The fourth-order valence-electron chi connectivity index (χ4n) is 1.18. The highest BCUT2D eigenvalue weighted by Gasteiger charge is 2.10. The minimum atomic E-state index is 0.878. The van der Waals surface area contributed by atoms with Crippen LogP contribution in [0.1, 0.15) is 40.5 Å². The van der Waals surface area contributed by atoms with Gasteiger partial charge in [-0.1, -0.05) is 26.8 Å². The smallest absolute Gasteiger partial charge is 0.118 e. The fourth-order valence-corrected chi connectivity index (χ4v) is 1.18.